The van der Waals surface area contributed by atoms with E-state index < -0.39 is 0 Å². The summed E-state index contributed by atoms with van der Waals surface area (Å²) in [6, 6.07) is 43.2. The molecule has 6 aromatic carbocycles. The largest absolute Gasteiger partial charge is 0.456 e. The zero-order valence-electron chi connectivity index (χ0n) is 22.9. The average molecular weight is 551 g/mol. The number of rotatable bonds is 1. The van der Waals surface area contributed by atoms with Crippen LogP contribution in [0.15, 0.2) is 131 Å². The molecule has 0 bridgehead atoms. The number of nitrogens with one attached hydrogen (secondary N) is 1. The highest BCUT2D eigenvalue weighted by molar-refractivity contribution is 6.32. The Bertz CT molecular complexity index is 2720. The van der Waals surface area contributed by atoms with Gasteiger partial charge in [0.2, 0.25) is 0 Å². The number of hydrogen-bond donors (Lipinski definition) is 1. The first kappa shape index (κ1) is 21.9. The molecule has 2 aliphatic heterocycles. The van der Waals surface area contributed by atoms with Crippen LogP contribution < -0.4 is 5.32 Å². The highest BCUT2D eigenvalue weighted by Gasteiger charge is 2.36. The van der Waals surface area contributed by atoms with Gasteiger partial charge in [-0.15, -0.1) is 0 Å². The van der Waals surface area contributed by atoms with Crippen LogP contribution in [0.4, 0.5) is 11.4 Å². The molecule has 43 heavy (non-hydrogen) atoms. The van der Waals surface area contributed by atoms with Crippen LogP contribution in [0.2, 0.25) is 0 Å². The third-order valence-electron chi connectivity index (χ3n) is 9.47. The molecule has 11 rings (SSSR count). The molecule has 0 saturated heterocycles. The number of benzene rings is 6. The number of aliphatic imine (C=N–C) groups is 1. The van der Waals surface area contributed by atoms with Crippen LogP contribution >= 0.6 is 0 Å². The molecule has 5 heterocycles. The molecule has 9 aromatic rings. The summed E-state index contributed by atoms with van der Waals surface area (Å²) in [6.45, 7) is 0. The second-order valence-corrected chi connectivity index (χ2v) is 11.6. The van der Waals surface area contributed by atoms with Gasteiger partial charge in [0, 0.05) is 49.6 Å². The second-order valence-electron chi connectivity index (χ2n) is 11.6. The van der Waals surface area contributed by atoms with Crippen LogP contribution in [-0.4, -0.2) is 14.8 Å². The average Bonchev–Trinajstić information content (AvgIpc) is 3.78. The van der Waals surface area contributed by atoms with Gasteiger partial charge in [0.15, 0.2) is 0 Å². The first-order valence-corrected chi connectivity index (χ1v) is 14.7. The molecule has 0 fully saturated rings. The normalized spacial score (nSPS) is 15.5. The van der Waals surface area contributed by atoms with E-state index >= 15 is 0 Å². The number of anilines is 1. The van der Waals surface area contributed by atoms with Crippen molar-refractivity contribution in [3.63, 3.8) is 0 Å². The maximum Gasteiger partial charge on any atom is 0.148 e. The van der Waals surface area contributed by atoms with Crippen molar-refractivity contribution in [3.05, 3.63) is 127 Å². The molecule has 5 nitrogen and oxygen atoms in total. The lowest BCUT2D eigenvalue weighted by Gasteiger charge is -2.25. The summed E-state index contributed by atoms with van der Waals surface area (Å²) in [7, 11) is 0. The number of aromatic nitrogens is 2. The maximum atomic E-state index is 6.31. The first-order chi connectivity index (χ1) is 21.3. The molecular formula is C38H22N4O. The van der Waals surface area contributed by atoms with E-state index in [-0.39, 0.29) is 6.17 Å². The van der Waals surface area contributed by atoms with Crippen molar-refractivity contribution in [1.82, 2.24) is 9.13 Å². The van der Waals surface area contributed by atoms with E-state index in [2.05, 4.69) is 124 Å². The van der Waals surface area contributed by atoms with E-state index in [0.29, 0.717) is 0 Å². The third kappa shape index (κ3) is 2.62. The van der Waals surface area contributed by atoms with Crippen LogP contribution in [0, 0.1) is 0 Å². The first-order valence-electron chi connectivity index (χ1n) is 14.7. The summed E-state index contributed by atoms with van der Waals surface area (Å²) in [5.41, 5.74) is 12.1. The topological polar surface area (TPSA) is 47.4 Å². The third-order valence-corrected chi connectivity index (χ3v) is 9.47. The zero-order valence-corrected chi connectivity index (χ0v) is 22.9. The Morgan fingerprint density at radius 3 is 2.35 bits per heavy atom. The molecule has 3 aromatic heterocycles. The Hall–Kier alpha value is -5.81. The van der Waals surface area contributed by atoms with Gasteiger partial charge in [-0.05, 0) is 48.5 Å². The van der Waals surface area contributed by atoms with Gasteiger partial charge in [-0.3, -0.25) is 0 Å². The standard InChI is InChI=1S/C38H22N4O/c1-5-14-29-24(9-1)34-30(41(29)21-16-17-23-22-8-2-6-15-32(22)43-33(23)20-21)18-19-31-35(34)25-10-7-11-26-36-38(42(31)37(25)26)40-28-13-4-3-12-27(28)39-36/h1-20,38,40H. The fourth-order valence-electron chi connectivity index (χ4n) is 7.75. The summed E-state index contributed by atoms with van der Waals surface area (Å²) < 4.78 is 11.2. The van der Waals surface area contributed by atoms with Gasteiger partial charge < -0.3 is 18.9 Å². The highest BCUT2D eigenvalue weighted by atomic mass is 16.3. The molecule has 0 radical (unpaired) electrons. The van der Waals surface area contributed by atoms with Gasteiger partial charge in [-0.2, -0.15) is 0 Å². The molecule has 1 atom stereocenters. The molecule has 1 N–H and O–H groups in total. The molecule has 0 amide bonds. The number of fused-ring (bicyclic) bond motifs is 14. The SMILES string of the molecule is c1ccc2c(c1)N=C1c3cccc4c5c6c7ccccc7n(-c7ccc8c(c7)oc7ccccc78)c6ccc5n(c34)C1N2. The van der Waals surface area contributed by atoms with E-state index in [1.807, 2.05) is 12.1 Å². The minimum atomic E-state index is -0.0476. The summed E-state index contributed by atoms with van der Waals surface area (Å²) in [6.07, 6.45) is -0.0476. The van der Waals surface area contributed by atoms with Crippen LogP contribution in [0.3, 0.4) is 0 Å². The smallest absolute Gasteiger partial charge is 0.148 e. The van der Waals surface area contributed by atoms with Gasteiger partial charge in [0.1, 0.15) is 17.3 Å². The van der Waals surface area contributed by atoms with Crippen LogP contribution in [0.1, 0.15) is 11.7 Å². The Morgan fingerprint density at radius 1 is 0.605 bits per heavy atom. The van der Waals surface area contributed by atoms with Gasteiger partial charge >= 0.3 is 0 Å². The lowest BCUT2D eigenvalue weighted by atomic mass is 10.0. The molecule has 5 heteroatoms. The number of nitrogens with zero attached hydrogens (tertiary/aromatic N) is 3. The molecule has 1 unspecified atom stereocenters. The monoisotopic (exact) mass is 550 g/mol. The lowest BCUT2D eigenvalue weighted by molar-refractivity contribution is 0.668. The van der Waals surface area contributed by atoms with Gasteiger partial charge in [-0.25, -0.2) is 4.99 Å². The quantitative estimate of drug-likeness (QED) is 0.221. The molecule has 0 spiro atoms. The van der Waals surface area contributed by atoms with Gasteiger partial charge in [-0.1, -0.05) is 66.7 Å². The summed E-state index contributed by atoms with van der Waals surface area (Å²) in [5.74, 6) is 0. The predicted octanol–water partition coefficient (Wildman–Crippen LogP) is 9.85. The Balaban J connectivity index is 1.24. The minimum absolute atomic E-state index is 0.0476. The number of hydrogen-bond acceptors (Lipinski definition) is 3. The molecule has 2 aliphatic rings. The fraction of sp³-hybridized carbons (Fsp3) is 0.0263. The number of para-hydroxylation sites is 5. The Labute approximate surface area is 244 Å². The van der Waals surface area contributed by atoms with Crippen LogP contribution in [0.25, 0.3) is 71.2 Å². The van der Waals surface area contributed by atoms with Crippen LogP contribution in [-0.2, 0) is 0 Å². The van der Waals surface area contributed by atoms with E-state index in [0.717, 1.165) is 44.7 Å². The molecule has 200 valence electrons. The predicted molar refractivity (Wildman–Crippen MR) is 176 cm³/mol. The van der Waals surface area contributed by atoms with Crippen molar-refractivity contribution in [2.24, 2.45) is 4.99 Å². The fourth-order valence-corrected chi connectivity index (χ4v) is 7.75. The molecular weight excluding hydrogens is 528 g/mol. The van der Waals surface area contributed by atoms with Crippen molar-refractivity contribution in [2.75, 3.05) is 5.32 Å². The van der Waals surface area contributed by atoms with Crippen molar-refractivity contribution in [3.8, 4) is 5.69 Å². The Morgan fingerprint density at radius 2 is 1.37 bits per heavy atom. The Kier molecular flexibility index (Phi) is 3.83. The summed E-state index contributed by atoms with van der Waals surface area (Å²) >= 11 is 0. The zero-order chi connectivity index (χ0) is 27.8. The maximum absolute atomic E-state index is 6.31. The van der Waals surface area contributed by atoms with Gasteiger partial charge in [0.25, 0.3) is 0 Å². The minimum Gasteiger partial charge on any atom is -0.456 e. The van der Waals surface area contributed by atoms with Crippen LogP contribution in [0.5, 0.6) is 0 Å². The van der Waals surface area contributed by atoms with Gasteiger partial charge in [0.05, 0.1) is 39.2 Å². The van der Waals surface area contributed by atoms with Crippen molar-refractivity contribution in [2.45, 2.75) is 6.17 Å². The van der Waals surface area contributed by atoms with E-state index in [4.69, 9.17) is 9.41 Å². The molecule has 0 saturated carbocycles. The second kappa shape index (κ2) is 7.52. The lowest BCUT2D eigenvalue weighted by Crippen LogP contribution is -2.24. The van der Waals surface area contributed by atoms with Crippen molar-refractivity contribution >= 4 is 82.6 Å². The van der Waals surface area contributed by atoms with E-state index in [1.54, 1.807) is 0 Å². The van der Waals surface area contributed by atoms with Crippen molar-refractivity contribution < 1.29 is 4.42 Å². The highest BCUT2D eigenvalue weighted by Crippen LogP contribution is 2.48. The van der Waals surface area contributed by atoms with E-state index in [1.165, 1.54) is 49.2 Å². The van der Waals surface area contributed by atoms with Crippen molar-refractivity contribution in [1.29, 1.82) is 0 Å². The summed E-state index contributed by atoms with van der Waals surface area (Å²) in [5, 5.41) is 11.2. The van der Waals surface area contributed by atoms with E-state index in [9.17, 15) is 0 Å². The number of furan rings is 1. The molecule has 0 aliphatic carbocycles. The summed E-state index contributed by atoms with van der Waals surface area (Å²) in [4.78, 5) is 5.14.